The standard InChI is InChI=1S/C21H19N2.C18H12NO.Ir/c1-2-9-16(10-3-1)21-22-19-12-6-11-18-17(15-7-4-5-8-15)13-14-23(21)20(18)19;1-12-8-9-13-14-5-4-6-15(16-7-2-3-10-19-16)18(14)20-17(13)11-12;/h1-3,6,9,11-13,15H,4-5,7-8,14H2;2-5,7-11H,1H3;/q2*-1;. The van der Waals surface area contributed by atoms with Gasteiger partial charge in [-0.05, 0) is 60.7 Å². The molecule has 1 saturated carbocycles. The van der Waals surface area contributed by atoms with Crippen LogP contribution >= 0.6 is 0 Å². The Morgan fingerprint density at radius 1 is 0.864 bits per heavy atom. The number of hydrogen-bond donors (Lipinski definition) is 0. The molecule has 0 bridgehead atoms. The Bertz CT molecular complexity index is 2120. The third kappa shape index (κ3) is 5.00. The van der Waals surface area contributed by atoms with Crippen molar-refractivity contribution >= 4 is 38.5 Å². The Hall–Kier alpha value is -4.31. The van der Waals surface area contributed by atoms with Crippen molar-refractivity contribution in [3.63, 3.8) is 0 Å². The van der Waals surface area contributed by atoms with E-state index in [0.29, 0.717) is 0 Å². The van der Waals surface area contributed by atoms with Crippen LogP contribution in [-0.2, 0) is 26.7 Å². The molecular formula is C39H31IrN3O-2. The second-order valence-electron chi connectivity index (χ2n) is 11.5. The van der Waals surface area contributed by atoms with Crippen LogP contribution in [0.4, 0.5) is 0 Å². The van der Waals surface area contributed by atoms with Gasteiger partial charge in [-0.2, -0.15) is 0 Å². The minimum atomic E-state index is 0. The van der Waals surface area contributed by atoms with Crippen LogP contribution in [0.15, 0.2) is 108 Å². The second kappa shape index (κ2) is 12.0. The van der Waals surface area contributed by atoms with Gasteiger partial charge in [-0.1, -0.05) is 66.3 Å². The minimum Gasteiger partial charge on any atom is -0.501 e. The van der Waals surface area contributed by atoms with Gasteiger partial charge in [0.2, 0.25) is 0 Å². The fraction of sp³-hybridized carbons (Fsp3) is 0.179. The van der Waals surface area contributed by atoms with Crippen LogP contribution in [0.3, 0.4) is 0 Å². The number of aryl methyl sites for hydroxylation is 1. The van der Waals surface area contributed by atoms with Crippen molar-refractivity contribution in [2.45, 2.75) is 39.2 Å². The molecule has 1 fully saturated rings. The summed E-state index contributed by atoms with van der Waals surface area (Å²) in [6.45, 7) is 3.00. The van der Waals surface area contributed by atoms with Crippen LogP contribution in [0.25, 0.3) is 61.2 Å². The number of furan rings is 1. The number of nitrogens with zero attached hydrogens (tertiary/aromatic N) is 3. The van der Waals surface area contributed by atoms with Crippen molar-refractivity contribution in [1.29, 1.82) is 0 Å². The molecule has 1 radical (unpaired) electrons. The molecule has 1 aliphatic carbocycles. The van der Waals surface area contributed by atoms with Gasteiger partial charge in [-0.15, -0.1) is 54.1 Å². The first kappa shape index (κ1) is 28.5. The van der Waals surface area contributed by atoms with E-state index < -0.39 is 0 Å². The molecule has 5 heteroatoms. The first-order chi connectivity index (χ1) is 21.2. The fourth-order valence-electron chi connectivity index (χ4n) is 6.81. The largest absolute Gasteiger partial charge is 0.501 e. The summed E-state index contributed by atoms with van der Waals surface area (Å²) in [5.74, 6) is 1.78. The van der Waals surface area contributed by atoms with E-state index in [2.05, 4.69) is 83.2 Å². The van der Waals surface area contributed by atoms with Crippen LogP contribution in [-0.4, -0.2) is 14.5 Å². The maximum absolute atomic E-state index is 6.05. The summed E-state index contributed by atoms with van der Waals surface area (Å²) >= 11 is 0. The average molecular weight is 750 g/mol. The molecule has 2 aliphatic rings. The fourth-order valence-corrected chi connectivity index (χ4v) is 6.81. The third-order valence-corrected chi connectivity index (χ3v) is 8.83. The molecule has 4 heterocycles. The van der Waals surface area contributed by atoms with Crippen LogP contribution in [0.1, 0.15) is 36.8 Å². The van der Waals surface area contributed by atoms with Gasteiger partial charge >= 0.3 is 0 Å². The molecule has 4 nitrogen and oxygen atoms in total. The summed E-state index contributed by atoms with van der Waals surface area (Å²) in [6, 6.07) is 37.4. The summed E-state index contributed by atoms with van der Waals surface area (Å²) in [6.07, 6.45) is 9.66. The van der Waals surface area contributed by atoms with E-state index >= 15 is 0 Å². The Kier molecular flexibility index (Phi) is 7.76. The minimum absolute atomic E-state index is 0. The van der Waals surface area contributed by atoms with Gasteiger partial charge in [-0.25, -0.2) is 0 Å². The number of aromatic nitrogens is 3. The predicted molar refractivity (Wildman–Crippen MR) is 174 cm³/mol. The molecule has 0 N–H and O–H groups in total. The number of para-hydroxylation sites is 1. The van der Waals surface area contributed by atoms with Gasteiger partial charge in [0.15, 0.2) is 0 Å². The van der Waals surface area contributed by atoms with E-state index in [0.717, 1.165) is 62.6 Å². The molecular weight excluding hydrogens is 719 g/mol. The molecule has 0 unspecified atom stereocenters. The number of imidazole rings is 1. The van der Waals surface area contributed by atoms with Crippen molar-refractivity contribution in [3.05, 3.63) is 127 Å². The molecule has 0 saturated heterocycles. The molecule has 9 rings (SSSR count). The van der Waals surface area contributed by atoms with E-state index in [1.165, 1.54) is 42.3 Å². The van der Waals surface area contributed by atoms with Gasteiger partial charge < -0.3 is 14.0 Å². The summed E-state index contributed by atoms with van der Waals surface area (Å²) in [5.41, 5.74) is 11.2. The summed E-state index contributed by atoms with van der Waals surface area (Å²) in [7, 11) is 0. The second-order valence-corrected chi connectivity index (χ2v) is 11.5. The number of benzene rings is 4. The Morgan fingerprint density at radius 3 is 2.57 bits per heavy atom. The first-order valence-electron chi connectivity index (χ1n) is 15.2. The van der Waals surface area contributed by atoms with Crippen molar-refractivity contribution in [1.82, 2.24) is 14.5 Å². The maximum Gasteiger partial charge on any atom is 0.121 e. The Morgan fingerprint density at radius 2 is 1.75 bits per heavy atom. The van der Waals surface area contributed by atoms with Crippen LogP contribution in [0, 0.1) is 25.0 Å². The normalized spacial score (nSPS) is 14.3. The number of fused-ring (bicyclic) bond motifs is 3. The van der Waals surface area contributed by atoms with Gasteiger partial charge in [0.05, 0.1) is 22.4 Å². The molecule has 4 aromatic carbocycles. The van der Waals surface area contributed by atoms with E-state index in [-0.39, 0.29) is 20.1 Å². The topological polar surface area (TPSA) is 43.9 Å². The average Bonchev–Trinajstić information content (AvgIpc) is 3.81. The van der Waals surface area contributed by atoms with E-state index in [4.69, 9.17) is 9.40 Å². The van der Waals surface area contributed by atoms with Crippen molar-refractivity contribution in [2.24, 2.45) is 5.92 Å². The van der Waals surface area contributed by atoms with E-state index in [1.807, 2.05) is 42.5 Å². The number of pyridine rings is 1. The molecule has 0 spiro atoms. The monoisotopic (exact) mass is 750 g/mol. The number of rotatable bonds is 3. The maximum atomic E-state index is 6.05. The molecule has 44 heavy (non-hydrogen) atoms. The van der Waals surface area contributed by atoms with Gasteiger partial charge in [0, 0.05) is 43.8 Å². The van der Waals surface area contributed by atoms with Crippen molar-refractivity contribution in [2.75, 3.05) is 0 Å². The molecule has 1 aliphatic heterocycles. The Labute approximate surface area is 270 Å². The van der Waals surface area contributed by atoms with Crippen molar-refractivity contribution in [3.8, 4) is 22.6 Å². The van der Waals surface area contributed by atoms with E-state index in [1.54, 1.807) is 11.8 Å². The predicted octanol–water partition coefficient (Wildman–Crippen LogP) is 9.84. The summed E-state index contributed by atoms with van der Waals surface area (Å²) < 4.78 is 8.40. The van der Waals surface area contributed by atoms with Gasteiger partial charge in [-0.3, -0.25) is 4.98 Å². The molecule has 7 aromatic rings. The molecule has 0 amide bonds. The summed E-state index contributed by atoms with van der Waals surface area (Å²) in [5, 5.41) is 2.25. The van der Waals surface area contributed by atoms with Crippen LogP contribution in [0.5, 0.6) is 0 Å². The van der Waals surface area contributed by atoms with Crippen LogP contribution in [0.2, 0.25) is 0 Å². The first-order valence-corrected chi connectivity index (χ1v) is 15.2. The summed E-state index contributed by atoms with van der Waals surface area (Å²) in [4.78, 5) is 9.31. The number of allylic oxidation sites excluding steroid dienone is 2. The van der Waals surface area contributed by atoms with Gasteiger partial charge in [0.1, 0.15) is 5.58 Å². The number of hydrogen-bond acceptors (Lipinski definition) is 3. The molecule has 0 atom stereocenters. The molecule has 219 valence electrons. The van der Waals surface area contributed by atoms with E-state index in [9.17, 15) is 0 Å². The van der Waals surface area contributed by atoms with Crippen molar-refractivity contribution < 1.29 is 24.5 Å². The third-order valence-electron chi connectivity index (χ3n) is 8.83. The zero-order valence-electron chi connectivity index (χ0n) is 24.5. The Balaban J connectivity index is 0.000000140. The smallest absolute Gasteiger partial charge is 0.121 e. The molecule has 3 aromatic heterocycles. The SMILES string of the molecule is Cc1ccc2c(c1)oc1c(-c3ccccn3)[c-]ccc12.[Ir].[c-]1ccccc1-c1nc2cccc3c2n1CC=C3C1CCCC1. The quantitative estimate of drug-likeness (QED) is 0.169. The van der Waals surface area contributed by atoms with Gasteiger partial charge in [0.25, 0.3) is 0 Å². The zero-order chi connectivity index (χ0) is 28.8. The van der Waals surface area contributed by atoms with Crippen LogP contribution < -0.4 is 0 Å². The zero-order valence-corrected chi connectivity index (χ0v) is 26.9.